The van der Waals surface area contributed by atoms with E-state index in [0.29, 0.717) is 5.25 Å². The Morgan fingerprint density at radius 1 is 1.19 bits per heavy atom. The quantitative estimate of drug-likeness (QED) is 0.851. The van der Waals surface area contributed by atoms with Crippen molar-refractivity contribution in [2.75, 3.05) is 6.26 Å². The van der Waals surface area contributed by atoms with Gasteiger partial charge in [-0.05, 0) is 45.3 Å². The lowest BCUT2D eigenvalue weighted by atomic mass is 9.78. The highest BCUT2D eigenvalue weighted by Gasteiger charge is 2.52. The van der Waals surface area contributed by atoms with Crippen LogP contribution in [0, 0.1) is 0 Å². The molecule has 0 bridgehead atoms. The van der Waals surface area contributed by atoms with Crippen LogP contribution < -0.4 is 5.32 Å². The topological polar surface area (TPSA) is 49.4 Å². The highest BCUT2D eigenvalue weighted by Crippen LogP contribution is 2.38. The standard InChI is InChI=1S/C16H26N2O2S/c1-11-14(19)17-16(8-4-3-5-9-16)15(20)18(11)12-6-7-13(10-12)21-2/h11-13H,3-10H2,1-2H3,(H,17,19). The third-order valence-electron chi connectivity index (χ3n) is 5.59. The van der Waals surface area contributed by atoms with Crippen LogP contribution in [0.2, 0.25) is 0 Å². The van der Waals surface area contributed by atoms with Crippen molar-refractivity contribution in [1.29, 1.82) is 0 Å². The lowest BCUT2D eigenvalue weighted by Gasteiger charge is -2.49. The summed E-state index contributed by atoms with van der Waals surface area (Å²) in [5.74, 6) is 0.241. The summed E-state index contributed by atoms with van der Waals surface area (Å²) in [7, 11) is 0. The van der Waals surface area contributed by atoms with Crippen molar-refractivity contribution in [2.24, 2.45) is 0 Å². The van der Waals surface area contributed by atoms with Crippen LogP contribution in [0.25, 0.3) is 0 Å². The molecule has 1 N–H and O–H groups in total. The van der Waals surface area contributed by atoms with E-state index in [0.717, 1.165) is 44.9 Å². The molecule has 3 atom stereocenters. The summed E-state index contributed by atoms with van der Waals surface area (Å²) >= 11 is 1.89. The Bertz CT molecular complexity index is 434. The Balaban J connectivity index is 1.83. The number of amides is 2. The van der Waals surface area contributed by atoms with Crippen LogP contribution in [0.4, 0.5) is 0 Å². The number of carbonyl (C=O) groups excluding carboxylic acids is 2. The first-order valence-corrected chi connectivity index (χ1v) is 9.54. The monoisotopic (exact) mass is 310 g/mol. The minimum atomic E-state index is -0.584. The van der Waals surface area contributed by atoms with Gasteiger partial charge >= 0.3 is 0 Å². The Labute approximate surface area is 131 Å². The van der Waals surface area contributed by atoms with Crippen LogP contribution >= 0.6 is 11.8 Å². The molecule has 1 heterocycles. The minimum Gasteiger partial charge on any atom is -0.340 e. The SMILES string of the molecule is CSC1CCC(N2C(=O)C3(CCCCC3)NC(=O)C2C)C1. The van der Waals surface area contributed by atoms with Crippen molar-refractivity contribution in [3.63, 3.8) is 0 Å². The fourth-order valence-electron chi connectivity index (χ4n) is 4.30. The second-order valence-corrected chi connectivity index (χ2v) is 7.98. The number of nitrogens with zero attached hydrogens (tertiary/aromatic N) is 1. The van der Waals surface area contributed by atoms with E-state index in [4.69, 9.17) is 0 Å². The fourth-order valence-corrected chi connectivity index (χ4v) is 5.09. The second kappa shape index (κ2) is 5.82. The van der Waals surface area contributed by atoms with Crippen LogP contribution in [0.15, 0.2) is 0 Å². The molecule has 3 aliphatic rings. The van der Waals surface area contributed by atoms with E-state index in [2.05, 4.69) is 11.6 Å². The molecule has 1 spiro atoms. The van der Waals surface area contributed by atoms with Gasteiger partial charge in [0.15, 0.2) is 0 Å². The van der Waals surface area contributed by atoms with Crippen molar-refractivity contribution in [1.82, 2.24) is 10.2 Å². The fraction of sp³-hybridized carbons (Fsp3) is 0.875. The van der Waals surface area contributed by atoms with Gasteiger partial charge in [0.25, 0.3) is 0 Å². The van der Waals surface area contributed by atoms with Gasteiger partial charge in [-0.15, -0.1) is 0 Å². The number of hydrogen-bond donors (Lipinski definition) is 1. The number of nitrogens with one attached hydrogen (secondary N) is 1. The molecular formula is C16H26N2O2S. The highest BCUT2D eigenvalue weighted by molar-refractivity contribution is 7.99. The van der Waals surface area contributed by atoms with Gasteiger partial charge in [0.2, 0.25) is 11.8 Å². The van der Waals surface area contributed by atoms with Crippen LogP contribution in [0.3, 0.4) is 0 Å². The molecule has 2 saturated carbocycles. The molecule has 1 saturated heterocycles. The lowest BCUT2D eigenvalue weighted by Crippen LogP contribution is -2.71. The zero-order chi connectivity index (χ0) is 15.0. The maximum atomic E-state index is 13.1. The summed E-state index contributed by atoms with van der Waals surface area (Å²) in [4.78, 5) is 27.5. The summed E-state index contributed by atoms with van der Waals surface area (Å²) < 4.78 is 0. The first-order chi connectivity index (χ1) is 10.1. The highest BCUT2D eigenvalue weighted by atomic mass is 32.2. The molecule has 0 radical (unpaired) electrons. The maximum absolute atomic E-state index is 13.1. The molecule has 0 aromatic rings. The molecular weight excluding hydrogens is 284 g/mol. The van der Waals surface area contributed by atoms with Gasteiger partial charge in [0, 0.05) is 11.3 Å². The largest absolute Gasteiger partial charge is 0.340 e. The molecule has 3 unspecified atom stereocenters. The third kappa shape index (κ3) is 2.58. The number of rotatable bonds is 2. The van der Waals surface area contributed by atoms with Crippen molar-refractivity contribution in [2.45, 2.75) is 81.2 Å². The van der Waals surface area contributed by atoms with E-state index in [1.165, 1.54) is 6.42 Å². The zero-order valence-corrected chi connectivity index (χ0v) is 13.9. The predicted octanol–water partition coefficient (Wildman–Crippen LogP) is 2.32. The van der Waals surface area contributed by atoms with Gasteiger partial charge in [-0.3, -0.25) is 9.59 Å². The van der Waals surface area contributed by atoms with Gasteiger partial charge in [-0.2, -0.15) is 11.8 Å². The Kier molecular flexibility index (Phi) is 4.21. The molecule has 3 rings (SSSR count). The summed E-state index contributed by atoms with van der Waals surface area (Å²) in [6, 6.07) is -0.0505. The average molecular weight is 310 g/mol. The third-order valence-corrected chi connectivity index (χ3v) is 6.69. The van der Waals surface area contributed by atoms with Gasteiger partial charge in [0.1, 0.15) is 11.6 Å². The molecule has 2 amide bonds. The maximum Gasteiger partial charge on any atom is 0.249 e. The first-order valence-electron chi connectivity index (χ1n) is 8.25. The predicted molar refractivity (Wildman–Crippen MR) is 85.2 cm³/mol. The summed E-state index contributed by atoms with van der Waals surface area (Å²) in [5, 5.41) is 3.72. The smallest absolute Gasteiger partial charge is 0.249 e. The van der Waals surface area contributed by atoms with Crippen molar-refractivity contribution in [3.8, 4) is 0 Å². The summed E-state index contributed by atoms with van der Waals surface area (Å²) in [6.07, 6.45) is 10.3. The van der Waals surface area contributed by atoms with Crippen LogP contribution in [0.5, 0.6) is 0 Å². The van der Waals surface area contributed by atoms with Gasteiger partial charge in [0.05, 0.1) is 0 Å². The summed E-state index contributed by atoms with van der Waals surface area (Å²) in [6.45, 7) is 1.88. The van der Waals surface area contributed by atoms with Gasteiger partial charge in [-0.25, -0.2) is 0 Å². The number of thioether (sulfide) groups is 1. The summed E-state index contributed by atoms with van der Waals surface area (Å²) in [5.41, 5.74) is -0.584. The second-order valence-electron chi connectivity index (χ2n) is 6.85. The van der Waals surface area contributed by atoms with E-state index < -0.39 is 5.54 Å². The molecule has 0 aromatic carbocycles. The zero-order valence-electron chi connectivity index (χ0n) is 13.1. The van der Waals surface area contributed by atoms with E-state index in [-0.39, 0.29) is 23.9 Å². The van der Waals surface area contributed by atoms with E-state index in [1.807, 2.05) is 23.6 Å². The van der Waals surface area contributed by atoms with Crippen molar-refractivity contribution in [3.05, 3.63) is 0 Å². The van der Waals surface area contributed by atoms with E-state index in [1.54, 1.807) is 0 Å². The number of carbonyl (C=O) groups is 2. The van der Waals surface area contributed by atoms with Crippen LogP contribution in [-0.4, -0.2) is 45.8 Å². The molecule has 21 heavy (non-hydrogen) atoms. The van der Waals surface area contributed by atoms with E-state index in [9.17, 15) is 9.59 Å². The van der Waals surface area contributed by atoms with Crippen molar-refractivity contribution < 1.29 is 9.59 Å². The molecule has 4 nitrogen and oxygen atoms in total. The lowest BCUT2D eigenvalue weighted by molar-refractivity contribution is -0.158. The Hall–Kier alpha value is -0.710. The molecule has 118 valence electrons. The van der Waals surface area contributed by atoms with Crippen LogP contribution in [-0.2, 0) is 9.59 Å². The first kappa shape index (κ1) is 15.2. The molecule has 1 aliphatic heterocycles. The van der Waals surface area contributed by atoms with E-state index >= 15 is 0 Å². The van der Waals surface area contributed by atoms with Crippen molar-refractivity contribution >= 4 is 23.6 Å². The van der Waals surface area contributed by atoms with Gasteiger partial charge in [-0.1, -0.05) is 19.3 Å². The normalized spacial score (nSPS) is 36.1. The van der Waals surface area contributed by atoms with Crippen LogP contribution in [0.1, 0.15) is 58.3 Å². The molecule has 2 aliphatic carbocycles. The minimum absolute atomic E-state index is 0.0455. The van der Waals surface area contributed by atoms with Gasteiger partial charge < -0.3 is 10.2 Å². The molecule has 3 fully saturated rings. The average Bonchev–Trinajstić information content (AvgIpc) is 2.95. The Morgan fingerprint density at radius 3 is 2.52 bits per heavy atom. The number of hydrogen-bond acceptors (Lipinski definition) is 3. The number of piperazine rings is 1. The Morgan fingerprint density at radius 2 is 1.90 bits per heavy atom. The molecule has 5 heteroatoms. The molecule has 0 aromatic heterocycles.